The number of carbonyl (C=O) groups excluding carboxylic acids is 2. The quantitative estimate of drug-likeness (QED) is 0.832. The number of hydrogen-bond donors (Lipinski definition) is 1. The summed E-state index contributed by atoms with van der Waals surface area (Å²) in [5.41, 5.74) is 1.19. The predicted octanol–water partition coefficient (Wildman–Crippen LogP) is 4.23. The Morgan fingerprint density at radius 2 is 1.96 bits per heavy atom. The molecule has 0 bridgehead atoms. The number of likely N-dealkylation sites (tertiary alicyclic amines) is 1. The van der Waals surface area contributed by atoms with Gasteiger partial charge in [-0.3, -0.25) is 4.79 Å². The number of halogens is 1. The second-order valence-electron chi connectivity index (χ2n) is 5.88. The normalized spacial score (nSPS) is 16.6. The monoisotopic (exact) mass is 358 g/mol. The molecule has 1 aliphatic heterocycles. The van der Waals surface area contributed by atoms with Crippen LogP contribution >= 0.6 is 11.6 Å². The van der Waals surface area contributed by atoms with E-state index in [0.29, 0.717) is 35.0 Å². The van der Waals surface area contributed by atoms with Crippen LogP contribution in [0.15, 0.2) is 48.5 Å². The molecule has 0 radical (unpaired) electrons. The number of rotatable bonds is 4. The first-order valence-corrected chi connectivity index (χ1v) is 8.48. The zero-order chi connectivity index (χ0) is 17.8. The number of nitrogens with zero attached hydrogens (tertiary/aromatic N) is 1. The van der Waals surface area contributed by atoms with Crippen LogP contribution in [0.5, 0.6) is 5.75 Å². The number of methoxy groups -OCH3 is 1. The number of Topliss-reactive ketones (excluding diaryl/α,β-unsaturated/α-hetero) is 1. The number of amides is 2. The Kier molecular flexibility index (Phi) is 5.24. The Labute approximate surface area is 151 Å². The van der Waals surface area contributed by atoms with Gasteiger partial charge in [-0.15, -0.1) is 0 Å². The van der Waals surface area contributed by atoms with Crippen LogP contribution < -0.4 is 10.1 Å². The largest absolute Gasteiger partial charge is 0.497 e. The third-order valence-electron chi connectivity index (χ3n) is 4.27. The highest BCUT2D eigenvalue weighted by Crippen LogP contribution is 2.24. The minimum absolute atomic E-state index is 0.0543. The van der Waals surface area contributed by atoms with Gasteiger partial charge in [-0.05, 0) is 55.3 Å². The van der Waals surface area contributed by atoms with Crippen molar-refractivity contribution in [1.29, 1.82) is 0 Å². The van der Waals surface area contributed by atoms with E-state index in [1.54, 1.807) is 60.5 Å². The fourth-order valence-corrected chi connectivity index (χ4v) is 3.18. The van der Waals surface area contributed by atoms with Crippen molar-refractivity contribution in [3.05, 3.63) is 59.1 Å². The summed E-state index contributed by atoms with van der Waals surface area (Å²) in [7, 11) is 1.58. The van der Waals surface area contributed by atoms with Crippen LogP contribution in [0.3, 0.4) is 0 Å². The van der Waals surface area contributed by atoms with Gasteiger partial charge in [-0.1, -0.05) is 17.7 Å². The fraction of sp³-hybridized carbons (Fsp3) is 0.263. The van der Waals surface area contributed by atoms with Crippen molar-refractivity contribution >= 4 is 29.1 Å². The average Bonchev–Trinajstić information content (AvgIpc) is 3.11. The summed E-state index contributed by atoms with van der Waals surface area (Å²) in [5.74, 6) is 0.639. The van der Waals surface area contributed by atoms with E-state index in [4.69, 9.17) is 16.3 Å². The molecule has 1 heterocycles. The summed E-state index contributed by atoms with van der Waals surface area (Å²) in [4.78, 5) is 26.9. The molecule has 130 valence electrons. The van der Waals surface area contributed by atoms with Crippen molar-refractivity contribution in [2.75, 3.05) is 19.0 Å². The van der Waals surface area contributed by atoms with Gasteiger partial charge in [0.05, 0.1) is 13.2 Å². The lowest BCUT2D eigenvalue weighted by Crippen LogP contribution is -2.42. The van der Waals surface area contributed by atoms with Crippen molar-refractivity contribution in [1.82, 2.24) is 4.90 Å². The van der Waals surface area contributed by atoms with Gasteiger partial charge in [0, 0.05) is 22.8 Å². The van der Waals surface area contributed by atoms with Crippen LogP contribution in [0, 0.1) is 0 Å². The topological polar surface area (TPSA) is 58.6 Å². The molecular weight excluding hydrogens is 340 g/mol. The number of benzene rings is 2. The maximum absolute atomic E-state index is 12.8. The number of hydrogen-bond acceptors (Lipinski definition) is 3. The minimum Gasteiger partial charge on any atom is -0.497 e. The molecule has 5 nitrogen and oxygen atoms in total. The van der Waals surface area contributed by atoms with Crippen LogP contribution in [0.4, 0.5) is 10.5 Å². The number of nitrogens with one attached hydrogen (secondary N) is 1. The standard InChI is InChI=1S/C19H19ClN2O3/c1-25-16-9-7-13(8-10-16)18(23)17-6-3-11-22(17)19(24)21-15-5-2-4-14(20)12-15/h2,4-5,7-10,12,17H,3,6,11H2,1H3,(H,21,24). The number of ether oxygens (including phenoxy) is 1. The third-order valence-corrected chi connectivity index (χ3v) is 4.50. The molecule has 1 fully saturated rings. The molecule has 0 aliphatic carbocycles. The Bertz CT molecular complexity index is 776. The van der Waals surface area contributed by atoms with E-state index in [0.717, 1.165) is 6.42 Å². The van der Waals surface area contributed by atoms with Gasteiger partial charge < -0.3 is 15.0 Å². The van der Waals surface area contributed by atoms with Gasteiger partial charge in [0.15, 0.2) is 5.78 Å². The van der Waals surface area contributed by atoms with Gasteiger partial charge in [0.2, 0.25) is 0 Å². The van der Waals surface area contributed by atoms with E-state index < -0.39 is 6.04 Å². The van der Waals surface area contributed by atoms with Crippen molar-refractivity contribution in [3.63, 3.8) is 0 Å². The summed E-state index contributed by atoms with van der Waals surface area (Å²) < 4.78 is 5.11. The smallest absolute Gasteiger partial charge is 0.322 e. The summed E-state index contributed by atoms with van der Waals surface area (Å²) >= 11 is 5.94. The molecule has 1 saturated heterocycles. The molecule has 1 unspecified atom stereocenters. The highest BCUT2D eigenvalue weighted by atomic mass is 35.5. The van der Waals surface area contributed by atoms with E-state index in [-0.39, 0.29) is 11.8 Å². The third kappa shape index (κ3) is 3.94. The molecule has 3 rings (SSSR count). The van der Waals surface area contributed by atoms with Crippen LogP contribution in [0.25, 0.3) is 0 Å². The SMILES string of the molecule is COc1ccc(C(=O)C2CCCN2C(=O)Nc2cccc(Cl)c2)cc1. The number of carbonyl (C=O) groups is 2. The first-order chi connectivity index (χ1) is 12.1. The number of anilines is 1. The van der Waals surface area contributed by atoms with E-state index in [2.05, 4.69) is 5.32 Å². The summed E-state index contributed by atoms with van der Waals surface area (Å²) in [6, 6.07) is 13.2. The Hall–Kier alpha value is -2.53. The van der Waals surface area contributed by atoms with Crippen molar-refractivity contribution in [2.45, 2.75) is 18.9 Å². The molecule has 0 spiro atoms. The van der Waals surface area contributed by atoms with Crippen molar-refractivity contribution in [2.24, 2.45) is 0 Å². The molecule has 2 aromatic rings. The molecule has 2 amide bonds. The van der Waals surface area contributed by atoms with Crippen molar-refractivity contribution in [3.8, 4) is 5.75 Å². The van der Waals surface area contributed by atoms with Gasteiger partial charge in [-0.25, -0.2) is 4.79 Å². The summed E-state index contributed by atoms with van der Waals surface area (Å²) in [6.07, 6.45) is 1.46. The van der Waals surface area contributed by atoms with Crippen LogP contribution in [0.1, 0.15) is 23.2 Å². The second-order valence-corrected chi connectivity index (χ2v) is 6.32. The minimum atomic E-state index is -0.451. The van der Waals surface area contributed by atoms with Gasteiger partial charge >= 0.3 is 6.03 Å². The lowest BCUT2D eigenvalue weighted by molar-refractivity contribution is 0.0893. The van der Waals surface area contributed by atoms with E-state index >= 15 is 0 Å². The first kappa shape index (κ1) is 17.3. The first-order valence-electron chi connectivity index (χ1n) is 8.10. The van der Waals surface area contributed by atoms with Crippen LogP contribution in [-0.4, -0.2) is 36.4 Å². The molecular formula is C19H19ClN2O3. The zero-order valence-electron chi connectivity index (χ0n) is 13.9. The highest BCUT2D eigenvalue weighted by Gasteiger charge is 2.34. The van der Waals surface area contributed by atoms with Gasteiger partial charge in [0.1, 0.15) is 5.75 Å². The maximum Gasteiger partial charge on any atom is 0.322 e. The molecule has 1 atom stereocenters. The average molecular weight is 359 g/mol. The molecule has 6 heteroatoms. The van der Waals surface area contributed by atoms with Crippen LogP contribution in [0.2, 0.25) is 5.02 Å². The summed E-state index contributed by atoms with van der Waals surface area (Å²) in [6.45, 7) is 0.555. The maximum atomic E-state index is 12.8. The zero-order valence-corrected chi connectivity index (χ0v) is 14.6. The second kappa shape index (κ2) is 7.57. The fourth-order valence-electron chi connectivity index (χ4n) is 2.99. The highest BCUT2D eigenvalue weighted by molar-refractivity contribution is 6.30. The van der Waals surface area contributed by atoms with Gasteiger partial charge in [0.25, 0.3) is 0 Å². The molecule has 1 N–H and O–H groups in total. The molecule has 25 heavy (non-hydrogen) atoms. The molecule has 0 aromatic heterocycles. The van der Waals surface area contributed by atoms with E-state index in [1.165, 1.54) is 0 Å². The molecule has 1 aliphatic rings. The predicted molar refractivity (Wildman–Crippen MR) is 97.5 cm³/mol. The van der Waals surface area contributed by atoms with E-state index in [9.17, 15) is 9.59 Å². The van der Waals surface area contributed by atoms with Crippen molar-refractivity contribution < 1.29 is 14.3 Å². The number of ketones is 1. The van der Waals surface area contributed by atoms with E-state index in [1.807, 2.05) is 0 Å². The number of urea groups is 1. The molecule has 0 saturated carbocycles. The Morgan fingerprint density at radius 1 is 1.20 bits per heavy atom. The lowest BCUT2D eigenvalue weighted by Gasteiger charge is -2.24. The Balaban J connectivity index is 1.72. The van der Waals surface area contributed by atoms with Gasteiger partial charge in [-0.2, -0.15) is 0 Å². The van der Waals surface area contributed by atoms with Crippen LogP contribution in [-0.2, 0) is 0 Å². The lowest BCUT2D eigenvalue weighted by atomic mass is 10.0. The molecule has 2 aromatic carbocycles. The Morgan fingerprint density at radius 3 is 2.64 bits per heavy atom. The summed E-state index contributed by atoms with van der Waals surface area (Å²) in [5, 5.41) is 3.36.